The number of ether oxygens (including phenoxy) is 2. The second-order valence-electron chi connectivity index (χ2n) is 4.60. The first-order valence-electron chi connectivity index (χ1n) is 5.62. The molecule has 17 heavy (non-hydrogen) atoms. The molecule has 1 heterocycles. The molecular weight excluding hydrogens is 220 g/mol. The minimum atomic E-state index is -0.523. The Morgan fingerprint density at radius 1 is 1.41 bits per heavy atom. The molecule has 1 aliphatic heterocycles. The molecular formula is C13H12O4. The lowest BCUT2D eigenvalue weighted by atomic mass is 10.1. The van der Waals surface area contributed by atoms with Crippen LogP contribution in [0.4, 0.5) is 0 Å². The molecule has 88 valence electrons. The van der Waals surface area contributed by atoms with Crippen LogP contribution in [-0.4, -0.2) is 25.2 Å². The molecule has 2 fully saturated rings. The molecule has 1 saturated carbocycles. The molecule has 1 aromatic rings. The van der Waals surface area contributed by atoms with E-state index in [-0.39, 0.29) is 24.5 Å². The predicted octanol–water partition coefficient (Wildman–Crippen LogP) is 1.41. The SMILES string of the molecule is O=C(OCC12CC1COC2=O)c1ccccc1. The number of cyclic esters (lactones) is 1. The number of hydrogen-bond acceptors (Lipinski definition) is 4. The lowest BCUT2D eigenvalue weighted by molar-refractivity contribution is -0.146. The summed E-state index contributed by atoms with van der Waals surface area (Å²) in [7, 11) is 0. The normalized spacial score (nSPS) is 29.4. The summed E-state index contributed by atoms with van der Waals surface area (Å²) in [5, 5.41) is 0. The number of fused-ring (bicyclic) bond motifs is 1. The minimum absolute atomic E-state index is 0.143. The third-order valence-corrected chi connectivity index (χ3v) is 3.52. The Balaban J connectivity index is 1.63. The van der Waals surface area contributed by atoms with Crippen molar-refractivity contribution >= 4 is 11.9 Å². The highest BCUT2D eigenvalue weighted by molar-refractivity contribution is 5.90. The standard InChI is InChI=1S/C13H12O4/c14-11(9-4-2-1-3-5-9)17-8-13-6-10(13)7-16-12(13)15/h1-5,10H,6-8H2. The third-order valence-electron chi connectivity index (χ3n) is 3.52. The van der Waals surface area contributed by atoms with Gasteiger partial charge in [0.2, 0.25) is 0 Å². The van der Waals surface area contributed by atoms with Crippen molar-refractivity contribution < 1.29 is 19.1 Å². The molecule has 0 aromatic heterocycles. The molecule has 0 radical (unpaired) electrons. The van der Waals surface area contributed by atoms with Crippen LogP contribution < -0.4 is 0 Å². The van der Waals surface area contributed by atoms with E-state index in [1.165, 1.54) is 0 Å². The fourth-order valence-electron chi connectivity index (χ4n) is 2.26. The van der Waals surface area contributed by atoms with Gasteiger partial charge in [-0.1, -0.05) is 18.2 Å². The molecule has 0 amide bonds. The number of hydrogen-bond donors (Lipinski definition) is 0. The van der Waals surface area contributed by atoms with Gasteiger partial charge >= 0.3 is 11.9 Å². The summed E-state index contributed by atoms with van der Waals surface area (Å²) in [6, 6.07) is 8.77. The lowest BCUT2D eigenvalue weighted by Crippen LogP contribution is -2.22. The van der Waals surface area contributed by atoms with Crippen molar-refractivity contribution in [3.8, 4) is 0 Å². The summed E-state index contributed by atoms with van der Waals surface area (Å²) < 4.78 is 10.1. The van der Waals surface area contributed by atoms with Crippen LogP contribution in [0.3, 0.4) is 0 Å². The van der Waals surface area contributed by atoms with Crippen molar-refractivity contribution in [2.75, 3.05) is 13.2 Å². The number of benzene rings is 1. The van der Waals surface area contributed by atoms with Crippen LogP contribution in [0.15, 0.2) is 30.3 Å². The number of carbonyl (C=O) groups excluding carboxylic acids is 2. The van der Waals surface area contributed by atoms with Gasteiger partial charge in [-0.3, -0.25) is 4.79 Å². The van der Waals surface area contributed by atoms with E-state index in [1.807, 2.05) is 6.07 Å². The van der Waals surface area contributed by atoms with Gasteiger partial charge in [0.1, 0.15) is 12.0 Å². The van der Waals surface area contributed by atoms with E-state index in [0.29, 0.717) is 12.2 Å². The van der Waals surface area contributed by atoms with Crippen LogP contribution in [0.1, 0.15) is 16.8 Å². The smallest absolute Gasteiger partial charge is 0.338 e. The van der Waals surface area contributed by atoms with E-state index < -0.39 is 5.41 Å². The van der Waals surface area contributed by atoms with Crippen LogP contribution in [0.5, 0.6) is 0 Å². The Morgan fingerprint density at radius 3 is 2.76 bits per heavy atom. The van der Waals surface area contributed by atoms with Crippen molar-refractivity contribution in [2.45, 2.75) is 6.42 Å². The van der Waals surface area contributed by atoms with Crippen molar-refractivity contribution in [1.82, 2.24) is 0 Å². The molecule has 0 spiro atoms. The maximum atomic E-state index is 11.7. The molecule has 1 aromatic carbocycles. The molecule has 3 rings (SSSR count). The Bertz CT molecular complexity index is 468. The summed E-state index contributed by atoms with van der Waals surface area (Å²) >= 11 is 0. The van der Waals surface area contributed by atoms with Gasteiger partial charge in [-0.15, -0.1) is 0 Å². The topological polar surface area (TPSA) is 52.6 Å². The van der Waals surface area contributed by atoms with E-state index in [4.69, 9.17) is 9.47 Å². The Hall–Kier alpha value is -1.84. The van der Waals surface area contributed by atoms with Gasteiger partial charge in [-0.25, -0.2) is 4.79 Å². The highest BCUT2D eigenvalue weighted by Gasteiger charge is 2.66. The van der Waals surface area contributed by atoms with Crippen molar-refractivity contribution in [1.29, 1.82) is 0 Å². The van der Waals surface area contributed by atoms with E-state index in [1.54, 1.807) is 24.3 Å². The average molecular weight is 232 g/mol. The molecule has 1 saturated heterocycles. The monoisotopic (exact) mass is 232 g/mol. The summed E-state index contributed by atoms with van der Waals surface area (Å²) in [5.74, 6) is -0.354. The largest absolute Gasteiger partial charge is 0.465 e. The van der Waals surface area contributed by atoms with Crippen LogP contribution in [0, 0.1) is 11.3 Å². The van der Waals surface area contributed by atoms with Gasteiger partial charge in [0.15, 0.2) is 0 Å². The summed E-state index contributed by atoms with van der Waals surface area (Å²) in [6.07, 6.45) is 0.786. The Kier molecular flexibility index (Phi) is 2.18. The first kappa shape index (κ1) is 10.3. The van der Waals surface area contributed by atoms with Gasteiger partial charge in [0.25, 0.3) is 0 Å². The van der Waals surface area contributed by atoms with Gasteiger partial charge in [0, 0.05) is 5.92 Å². The number of esters is 2. The van der Waals surface area contributed by atoms with Gasteiger partial charge < -0.3 is 9.47 Å². The molecule has 0 N–H and O–H groups in total. The summed E-state index contributed by atoms with van der Waals surface area (Å²) in [4.78, 5) is 23.2. The fourth-order valence-corrected chi connectivity index (χ4v) is 2.26. The molecule has 2 aliphatic rings. The van der Waals surface area contributed by atoms with E-state index in [2.05, 4.69) is 0 Å². The zero-order valence-corrected chi connectivity index (χ0v) is 9.22. The maximum absolute atomic E-state index is 11.7. The van der Waals surface area contributed by atoms with Crippen molar-refractivity contribution in [3.63, 3.8) is 0 Å². The number of carbonyl (C=O) groups is 2. The van der Waals surface area contributed by atoms with Gasteiger partial charge in [-0.05, 0) is 18.6 Å². The van der Waals surface area contributed by atoms with Crippen molar-refractivity contribution in [3.05, 3.63) is 35.9 Å². The summed E-state index contributed by atoms with van der Waals surface area (Å²) in [5.41, 5.74) is -0.0165. The maximum Gasteiger partial charge on any atom is 0.338 e. The van der Waals surface area contributed by atoms with Gasteiger partial charge in [-0.2, -0.15) is 0 Å². The summed E-state index contributed by atoms with van der Waals surface area (Å²) in [6.45, 7) is 0.617. The molecule has 0 bridgehead atoms. The van der Waals surface area contributed by atoms with Crippen LogP contribution >= 0.6 is 0 Å². The zero-order chi connectivity index (χ0) is 11.9. The van der Waals surface area contributed by atoms with E-state index in [0.717, 1.165) is 6.42 Å². The fraction of sp³-hybridized carbons (Fsp3) is 0.385. The highest BCUT2D eigenvalue weighted by atomic mass is 16.6. The molecule has 4 heteroatoms. The predicted molar refractivity (Wildman–Crippen MR) is 58.2 cm³/mol. The highest BCUT2D eigenvalue weighted by Crippen LogP contribution is 2.57. The zero-order valence-electron chi connectivity index (χ0n) is 9.22. The number of rotatable bonds is 3. The second-order valence-corrected chi connectivity index (χ2v) is 4.60. The lowest BCUT2D eigenvalue weighted by Gasteiger charge is -2.10. The van der Waals surface area contributed by atoms with Crippen LogP contribution in [0.25, 0.3) is 0 Å². The van der Waals surface area contributed by atoms with Crippen molar-refractivity contribution in [2.24, 2.45) is 11.3 Å². The van der Waals surface area contributed by atoms with Crippen LogP contribution in [-0.2, 0) is 14.3 Å². The van der Waals surface area contributed by atoms with E-state index >= 15 is 0 Å². The molecule has 2 atom stereocenters. The third kappa shape index (κ3) is 1.60. The van der Waals surface area contributed by atoms with Crippen LogP contribution in [0.2, 0.25) is 0 Å². The Morgan fingerprint density at radius 2 is 2.18 bits per heavy atom. The van der Waals surface area contributed by atoms with Gasteiger partial charge in [0.05, 0.1) is 12.2 Å². The van der Waals surface area contributed by atoms with E-state index in [9.17, 15) is 9.59 Å². The minimum Gasteiger partial charge on any atom is -0.465 e. The average Bonchev–Trinajstić information content (AvgIpc) is 3.01. The first-order chi connectivity index (χ1) is 8.22. The first-order valence-corrected chi connectivity index (χ1v) is 5.62. The quantitative estimate of drug-likeness (QED) is 0.739. The molecule has 2 unspecified atom stereocenters. The molecule has 4 nitrogen and oxygen atoms in total. The molecule has 1 aliphatic carbocycles. The second kappa shape index (κ2) is 3.58. The Labute approximate surface area is 98.5 Å².